The molecule has 0 bridgehead atoms. The zero-order chi connectivity index (χ0) is 27.7. The summed E-state index contributed by atoms with van der Waals surface area (Å²) in [5.74, 6) is 0.896. The highest BCUT2D eigenvalue weighted by Crippen LogP contribution is 2.48. The molecular formula is C31H56O4Si2. The number of ether oxygens (including phenoxy) is 1. The second-order valence-electron chi connectivity index (χ2n) is 12.7. The molecule has 0 amide bonds. The van der Waals surface area contributed by atoms with Gasteiger partial charge in [-0.1, -0.05) is 78.3 Å². The van der Waals surface area contributed by atoms with Crippen LogP contribution in [0.1, 0.15) is 80.6 Å². The van der Waals surface area contributed by atoms with Gasteiger partial charge in [-0.05, 0) is 80.5 Å². The number of para-hydroxylation sites is 1. The van der Waals surface area contributed by atoms with Crippen molar-refractivity contribution >= 4 is 16.6 Å². The van der Waals surface area contributed by atoms with Crippen molar-refractivity contribution in [1.29, 1.82) is 0 Å². The average molecular weight is 549 g/mol. The van der Waals surface area contributed by atoms with E-state index in [0.717, 1.165) is 37.9 Å². The zero-order valence-electron chi connectivity index (χ0n) is 25.4. The van der Waals surface area contributed by atoms with Crippen LogP contribution in [0.5, 0.6) is 5.75 Å². The SMILES string of the molecule is CC[Si](CC)(CC)O[C@H]1CC=C(CCC(COc2ccccc2)O[Si](C)(C)C(C)(C)C)[C@@]1(C)CCCO. The molecule has 0 aromatic heterocycles. The molecule has 1 unspecified atom stereocenters. The van der Waals surface area contributed by atoms with Crippen molar-refractivity contribution in [3.8, 4) is 5.75 Å². The van der Waals surface area contributed by atoms with E-state index in [4.69, 9.17) is 13.6 Å². The van der Waals surface area contributed by atoms with Gasteiger partial charge in [0, 0.05) is 12.0 Å². The van der Waals surface area contributed by atoms with Gasteiger partial charge in [-0.15, -0.1) is 0 Å². The van der Waals surface area contributed by atoms with Crippen LogP contribution in [-0.4, -0.2) is 47.2 Å². The molecule has 4 nitrogen and oxygen atoms in total. The molecule has 0 fully saturated rings. The van der Waals surface area contributed by atoms with Crippen LogP contribution in [0.2, 0.25) is 36.3 Å². The fraction of sp³-hybridized carbons (Fsp3) is 0.742. The van der Waals surface area contributed by atoms with Crippen LogP contribution in [0.25, 0.3) is 0 Å². The van der Waals surface area contributed by atoms with Gasteiger partial charge in [-0.25, -0.2) is 0 Å². The molecule has 0 saturated carbocycles. The van der Waals surface area contributed by atoms with Gasteiger partial charge in [0.15, 0.2) is 16.6 Å². The predicted octanol–water partition coefficient (Wildman–Crippen LogP) is 8.74. The van der Waals surface area contributed by atoms with Gasteiger partial charge < -0.3 is 18.7 Å². The summed E-state index contributed by atoms with van der Waals surface area (Å²) in [6.45, 7) is 21.7. The van der Waals surface area contributed by atoms with E-state index in [1.165, 1.54) is 23.7 Å². The maximum Gasteiger partial charge on any atom is 0.192 e. The third kappa shape index (κ3) is 8.53. The molecule has 0 spiro atoms. The topological polar surface area (TPSA) is 47.9 Å². The van der Waals surface area contributed by atoms with Crippen LogP contribution >= 0.6 is 0 Å². The second-order valence-corrected chi connectivity index (χ2v) is 22.2. The zero-order valence-corrected chi connectivity index (χ0v) is 27.4. The molecule has 1 aliphatic carbocycles. The van der Waals surface area contributed by atoms with E-state index in [2.05, 4.69) is 67.6 Å². The third-order valence-corrected chi connectivity index (χ3v) is 18.6. The minimum Gasteiger partial charge on any atom is -0.491 e. The lowest BCUT2D eigenvalue weighted by Crippen LogP contribution is -2.46. The number of hydrogen-bond acceptors (Lipinski definition) is 4. The fourth-order valence-electron chi connectivity index (χ4n) is 5.38. The summed E-state index contributed by atoms with van der Waals surface area (Å²) >= 11 is 0. The van der Waals surface area contributed by atoms with Crippen molar-refractivity contribution in [2.24, 2.45) is 5.41 Å². The highest BCUT2D eigenvalue weighted by molar-refractivity contribution is 6.74. The summed E-state index contributed by atoms with van der Waals surface area (Å²) in [7, 11) is -3.67. The normalized spacial score (nSPS) is 21.7. The Morgan fingerprint density at radius 2 is 1.68 bits per heavy atom. The van der Waals surface area contributed by atoms with Gasteiger partial charge in [0.25, 0.3) is 0 Å². The van der Waals surface area contributed by atoms with Gasteiger partial charge in [-0.2, -0.15) is 0 Å². The lowest BCUT2D eigenvalue weighted by atomic mass is 9.75. The quantitative estimate of drug-likeness (QED) is 0.166. The summed E-state index contributed by atoms with van der Waals surface area (Å²) < 4.78 is 20.2. The maximum atomic E-state index is 9.70. The molecule has 1 aromatic carbocycles. The minimum atomic E-state index is -1.95. The molecule has 1 aromatic rings. The van der Waals surface area contributed by atoms with Crippen molar-refractivity contribution in [2.45, 2.75) is 129 Å². The number of aliphatic hydroxyl groups excluding tert-OH is 1. The van der Waals surface area contributed by atoms with E-state index in [-0.39, 0.29) is 29.3 Å². The Balaban J connectivity index is 2.20. The number of rotatable bonds is 16. The highest BCUT2D eigenvalue weighted by Gasteiger charge is 2.45. The first kappa shape index (κ1) is 32.3. The Bertz CT molecular complexity index is 821. The van der Waals surface area contributed by atoms with E-state index in [1.54, 1.807) is 0 Å². The Labute approximate surface area is 230 Å². The lowest BCUT2D eigenvalue weighted by Gasteiger charge is -2.42. The maximum absolute atomic E-state index is 9.70. The van der Waals surface area contributed by atoms with Crippen LogP contribution in [0.4, 0.5) is 0 Å². The fourth-order valence-corrected chi connectivity index (χ4v) is 9.71. The third-order valence-electron chi connectivity index (χ3n) is 9.38. The van der Waals surface area contributed by atoms with Gasteiger partial charge in [0.1, 0.15) is 12.4 Å². The molecule has 37 heavy (non-hydrogen) atoms. The first-order valence-corrected chi connectivity index (χ1v) is 20.1. The minimum absolute atomic E-state index is 0.0255. The molecule has 6 heteroatoms. The molecule has 2 rings (SSSR count). The standard InChI is InChI=1S/C31H56O4Si2/c1-10-37(11-2,12-3)35-29-22-20-26(31(29,7)23-16-24-32)19-21-28(34-36(8,9)30(4,5)6)25-33-27-17-14-13-15-18-27/h13-15,17-18,20,28-29,32H,10-12,16,19,21-25H2,1-9H3/t28?,29-,31+/m0/s1. The number of benzene rings is 1. The van der Waals surface area contributed by atoms with Crippen LogP contribution in [0.3, 0.4) is 0 Å². The monoisotopic (exact) mass is 548 g/mol. The Hall–Kier alpha value is -0.926. The number of aliphatic hydroxyl groups is 1. The van der Waals surface area contributed by atoms with Crippen LogP contribution in [0, 0.1) is 5.41 Å². The first-order chi connectivity index (χ1) is 17.4. The number of hydrogen-bond donors (Lipinski definition) is 1. The van der Waals surface area contributed by atoms with Crippen molar-refractivity contribution in [2.75, 3.05) is 13.2 Å². The summed E-state index contributed by atoms with van der Waals surface area (Å²) in [5, 5.41) is 9.85. The highest BCUT2D eigenvalue weighted by atomic mass is 28.4. The van der Waals surface area contributed by atoms with Gasteiger partial charge >= 0.3 is 0 Å². The average Bonchev–Trinajstić information content (AvgIpc) is 3.17. The van der Waals surface area contributed by atoms with Crippen molar-refractivity contribution < 1.29 is 18.7 Å². The Morgan fingerprint density at radius 1 is 1.05 bits per heavy atom. The second kappa shape index (κ2) is 13.9. The molecule has 212 valence electrons. The molecule has 0 saturated heterocycles. The summed E-state index contributed by atoms with van der Waals surface area (Å²) in [5.41, 5.74) is 1.46. The van der Waals surface area contributed by atoms with Gasteiger partial charge in [0.2, 0.25) is 0 Å². The van der Waals surface area contributed by atoms with Crippen LogP contribution < -0.4 is 4.74 Å². The summed E-state index contributed by atoms with van der Waals surface area (Å²) in [6, 6.07) is 13.6. The molecule has 1 aliphatic rings. The van der Waals surface area contributed by atoms with Crippen molar-refractivity contribution in [1.82, 2.24) is 0 Å². The lowest BCUT2D eigenvalue weighted by molar-refractivity contribution is 0.0723. The largest absolute Gasteiger partial charge is 0.491 e. The molecule has 0 heterocycles. The van der Waals surface area contributed by atoms with Gasteiger partial charge in [0.05, 0.1) is 12.2 Å². The smallest absolute Gasteiger partial charge is 0.192 e. The molecular weight excluding hydrogens is 493 g/mol. The summed E-state index contributed by atoms with van der Waals surface area (Å²) in [6.07, 6.45) is 7.40. The van der Waals surface area contributed by atoms with E-state index in [0.29, 0.717) is 6.61 Å². The molecule has 0 radical (unpaired) electrons. The Morgan fingerprint density at radius 3 is 2.22 bits per heavy atom. The van der Waals surface area contributed by atoms with Crippen LogP contribution in [-0.2, 0) is 8.85 Å². The predicted molar refractivity (Wildman–Crippen MR) is 162 cm³/mol. The molecule has 0 aliphatic heterocycles. The van der Waals surface area contributed by atoms with E-state index >= 15 is 0 Å². The molecule has 1 N–H and O–H groups in total. The first-order valence-electron chi connectivity index (χ1n) is 14.7. The van der Waals surface area contributed by atoms with E-state index < -0.39 is 16.6 Å². The van der Waals surface area contributed by atoms with Crippen molar-refractivity contribution in [3.63, 3.8) is 0 Å². The Kier molecular flexibility index (Phi) is 12.2. The van der Waals surface area contributed by atoms with Crippen LogP contribution in [0.15, 0.2) is 42.0 Å². The van der Waals surface area contributed by atoms with Gasteiger partial charge in [-0.3, -0.25) is 0 Å². The summed E-state index contributed by atoms with van der Waals surface area (Å²) in [4.78, 5) is 0. The van der Waals surface area contributed by atoms with E-state index in [1.807, 2.05) is 30.3 Å². The van der Waals surface area contributed by atoms with Crippen molar-refractivity contribution in [3.05, 3.63) is 42.0 Å². The molecule has 3 atom stereocenters. The van der Waals surface area contributed by atoms with E-state index in [9.17, 15) is 5.11 Å².